The third-order valence-electron chi connectivity index (χ3n) is 8.12. The van der Waals surface area contributed by atoms with Crippen molar-refractivity contribution in [1.82, 2.24) is 29.7 Å². The number of morpholine rings is 1. The molecule has 3 aliphatic rings. The molecule has 3 fully saturated rings. The SMILES string of the molecule is O=C(CCN1CCCCC1)N[C@H]1CC[C@H](Oc2cc(-n3c(C(F)F)nc4ccccc43)nc(N3CCOCC3)n2)C1. The molecule has 1 saturated carbocycles. The number of nitrogens with one attached hydrogen (secondary N) is 1. The lowest BCUT2D eigenvalue weighted by Crippen LogP contribution is -2.38. The Kier molecular flexibility index (Phi) is 8.56. The molecule has 0 spiro atoms. The number of imidazole rings is 1. The van der Waals surface area contributed by atoms with Gasteiger partial charge in [-0.25, -0.2) is 13.8 Å². The fraction of sp³-hybridized carbons (Fsp3) is 0.586. The molecule has 1 aromatic carbocycles. The fourth-order valence-corrected chi connectivity index (χ4v) is 6.00. The Morgan fingerprint density at radius 3 is 2.66 bits per heavy atom. The van der Waals surface area contributed by atoms with Crippen molar-refractivity contribution in [1.29, 1.82) is 0 Å². The highest BCUT2D eigenvalue weighted by Gasteiger charge is 2.29. The molecule has 10 nitrogen and oxygen atoms in total. The minimum Gasteiger partial charge on any atom is -0.474 e. The number of alkyl halides is 2. The highest BCUT2D eigenvalue weighted by molar-refractivity contribution is 5.78. The first-order valence-corrected chi connectivity index (χ1v) is 14.7. The smallest absolute Gasteiger partial charge is 0.296 e. The molecule has 6 rings (SSSR count). The monoisotopic (exact) mass is 569 g/mol. The van der Waals surface area contributed by atoms with Gasteiger partial charge in [-0.1, -0.05) is 18.6 Å². The zero-order valence-electron chi connectivity index (χ0n) is 23.2. The summed E-state index contributed by atoms with van der Waals surface area (Å²) in [5.41, 5.74) is 1.00. The number of ether oxygens (including phenoxy) is 2. The summed E-state index contributed by atoms with van der Waals surface area (Å²) in [6, 6.07) is 8.66. The molecule has 2 saturated heterocycles. The van der Waals surface area contributed by atoms with E-state index in [9.17, 15) is 13.6 Å². The first-order chi connectivity index (χ1) is 20.0. The number of rotatable bonds is 9. The van der Waals surface area contributed by atoms with Gasteiger partial charge in [-0.15, -0.1) is 0 Å². The molecule has 3 aromatic rings. The van der Waals surface area contributed by atoms with Crippen LogP contribution in [0.2, 0.25) is 0 Å². The van der Waals surface area contributed by atoms with Crippen LogP contribution in [0.15, 0.2) is 30.3 Å². The number of carbonyl (C=O) groups is 1. The van der Waals surface area contributed by atoms with Gasteiger partial charge in [0.2, 0.25) is 17.7 Å². The van der Waals surface area contributed by atoms with Crippen molar-refractivity contribution in [2.75, 3.05) is 50.8 Å². The molecule has 0 unspecified atom stereocenters. The van der Waals surface area contributed by atoms with Crippen LogP contribution in [-0.2, 0) is 9.53 Å². The molecule has 1 amide bonds. The molecule has 2 aromatic heterocycles. The van der Waals surface area contributed by atoms with E-state index in [-0.39, 0.29) is 29.7 Å². The van der Waals surface area contributed by atoms with E-state index in [1.54, 1.807) is 30.3 Å². The summed E-state index contributed by atoms with van der Waals surface area (Å²) in [6.45, 7) is 5.19. The number of para-hydroxylation sites is 2. The lowest BCUT2D eigenvalue weighted by Gasteiger charge is -2.27. The van der Waals surface area contributed by atoms with Crippen LogP contribution < -0.4 is 15.0 Å². The molecular weight excluding hydrogens is 532 g/mol. The Labute approximate surface area is 238 Å². The molecular formula is C29H37F2N7O3. The number of aromatic nitrogens is 4. The average molecular weight is 570 g/mol. The largest absolute Gasteiger partial charge is 0.474 e. The highest BCUT2D eigenvalue weighted by Crippen LogP contribution is 2.31. The third kappa shape index (κ3) is 6.59. The zero-order valence-corrected chi connectivity index (χ0v) is 23.2. The number of fused-ring (bicyclic) bond motifs is 1. The molecule has 1 N–H and O–H groups in total. The van der Waals surface area contributed by atoms with Crippen LogP contribution in [0.5, 0.6) is 5.88 Å². The van der Waals surface area contributed by atoms with E-state index in [4.69, 9.17) is 9.47 Å². The van der Waals surface area contributed by atoms with Crippen LogP contribution in [0.25, 0.3) is 16.9 Å². The molecule has 0 radical (unpaired) electrons. The summed E-state index contributed by atoms with van der Waals surface area (Å²) >= 11 is 0. The molecule has 1 aliphatic carbocycles. The predicted octanol–water partition coefficient (Wildman–Crippen LogP) is 3.88. The van der Waals surface area contributed by atoms with Gasteiger partial charge >= 0.3 is 0 Å². The maximum absolute atomic E-state index is 14.1. The van der Waals surface area contributed by atoms with Crippen molar-refractivity contribution in [3.63, 3.8) is 0 Å². The number of nitrogens with zero attached hydrogens (tertiary/aromatic N) is 6. The van der Waals surface area contributed by atoms with Crippen LogP contribution >= 0.6 is 0 Å². The number of amides is 1. The van der Waals surface area contributed by atoms with Gasteiger partial charge in [-0.3, -0.25) is 9.36 Å². The van der Waals surface area contributed by atoms with Gasteiger partial charge in [0.05, 0.1) is 24.2 Å². The lowest BCUT2D eigenvalue weighted by atomic mass is 10.1. The molecule has 0 bridgehead atoms. The minimum absolute atomic E-state index is 0.0388. The fourth-order valence-electron chi connectivity index (χ4n) is 6.00. The van der Waals surface area contributed by atoms with E-state index in [1.165, 1.54) is 23.8 Å². The van der Waals surface area contributed by atoms with Gasteiger partial charge < -0.3 is 24.6 Å². The molecule has 41 heavy (non-hydrogen) atoms. The van der Waals surface area contributed by atoms with E-state index >= 15 is 0 Å². The van der Waals surface area contributed by atoms with Crippen molar-refractivity contribution in [3.8, 4) is 11.7 Å². The number of hydrogen-bond donors (Lipinski definition) is 1. The Morgan fingerprint density at radius 1 is 1.05 bits per heavy atom. The van der Waals surface area contributed by atoms with Crippen molar-refractivity contribution in [3.05, 3.63) is 36.2 Å². The van der Waals surface area contributed by atoms with Gasteiger partial charge in [-0.2, -0.15) is 9.97 Å². The van der Waals surface area contributed by atoms with Crippen molar-refractivity contribution >= 4 is 22.9 Å². The zero-order chi connectivity index (χ0) is 28.2. The number of halogens is 2. The van der Waals surface area contributed by atoms with Crippen LogP contribution in [0.4, 0.5) is 14.7 Å². The second-order valence-electron chi connectivity index (χ2n) is 11.0. The highest BCUT2D eigenvalue weighted by atomic mass is 19.3. The predicted molar refractivity (Wildman–Crippen MR) is 150 cm³/mol. The average Bonchev–Trinajstić information content (AvgIpc) is 3.61. The van der Waals surface area contributed by atoms with Gasteiger partial charge in [0.25, 0.3) is 6.43 Å². The normalized spacial score (nSPS) is 22.0. The van der Waals surface area contributed by atoms with Crippen LogP contribution in [0.3, 0.4) is 0 Å². The summed E-state index contributed by atoms with van der Waals surface area (Å²) in [7, 11) is 0. The second-order valence-corrected chi connectivity index (χ2v) is 11.0. The first-order valence-electron chi connectivity index (χ1n) is 14.7. The van der Waals surface area contributed by atoms with E-state index in [1.807, 2.05) is 4.90 Å². The molecule has 4 heterocycles. The maximum atomic E-state index is 14.1. The second kappa shape index (κ2) is 12.6. The number of piperidine rings is 1. The quantitative estimate of drug-likeness (QED) is 0.415. The first kappa shape index (κ1) is 27.8. The number of benzene rings is 1. The Morgan fingerprint density at radius 2 is 1.85 bits per heavy atom. The van der Waals surface area contributed by atoms with E-state index in [0.29, 0.717) is 62.0 Å². The Bertz CT molecular complexity index is 1340. The summed E-state index contributed by atoms with van der Waals surface area (Å²) in [4.78, 5) is 30.5. The molecule has 12 heteroatoms. The topological polar surface area (TPSA) is 97.6 Å². The summed E-state index contributed by atoms with van der Waals surface area (Å²) in [5, 5.41) is 3.17. The number of carbonyl (C=O) groups excluding carboxylic acids is 1. The molecule has 2 aliphatic heterocycles. The Hall–Kier alpha value is -3.38. The molecule has 220 valence electrons. The van der Waals surface area contributed by atoms with Crippen molar-refractivity contribution in [2.45, 2.75) is 63.5 Å². The van der Waals surface area contributed by atoms with E-state index in [0.717, 1.165) is 32.5 Å². The maximum Gasteiger partial charge on any atom is 0.296 e. The van der Waals surface area contributed by atoms with Crippen molar-refractivity contribution < 1.29 is 23.0 Å². The summed E-state index contributed by atoms with van der Waals surface area (Å²) in [5.74, 6) is 0.695. The summed E-state index contributed by atoms with van der Waals surface area (Å²) in [6.07, 6.45) is 3.50. The van der Waals surface area contributed by atoms with Gasteiger partial charge in [-0.05, 0) is 50.9 Å². The van der Waals surface area contributed by atoms with E-state index in [2.05, 4.69) is 25.2 Å². The summed E-state index contributed by atoms with van der Waals surface area (Å²) < 4.78 is 41.4. The van der Waals surface area contributed by atoms with Crippen molar-refractivity contribution in [2.24, 2.45) is 0 Å². The van der Waals surface area contributed by atoms with E-state index < -0.39 is 6.43 Å². The minimum atomic E-state index is -2.79. The number of likely N-dealkylation sites (tertiary alicyclic amines) is 1. The molecule has 2 atom stereocenters. The number of anilines is 1. The van der Waals surface area contributed by atoms with Crippen LogP contribution in [0.1, 0.15) is 57.2 Å². The standard InChI is InChI=1S/C29H37F2N7O3/c30-27(31)28-33-22-6-2-3-7-23(22)38(28)24-19-26(35-29(34-24)37-14-16-40-17-15-37)41-21-9-8-20(18-21)32-25(39)10-13-36-11-4-1-5-12-36/h2-3,6-7,19-21,27H,1,4-5,8-18H2,(H,32,39)/t20-,21-/m0/s1. The van der Waals surface area contributed by atoms with Gasteiger partial charge in [0.15, 0.2) is 5.82 Å². The van der Waals surface area contributed by atoms with Crippen LogP contribution in [0, 0.1) is 0 Å². The third-order valence-corrected chi connectivity index (χ3v) is 8.12. The Balaban J connectivity index is 1.19. The van der Waals surface area contributed by atoms with Crippen LogP contribution in [-0.4, -0.2) is 88.4 Å². The lowest BCUT2D eigenvalue weighted by molar-refractivity contribution is -0.122. The van der Waals surface area contributed by atoms with Gasteiger partial charge in [0, 0.05) is 44.6 Å². The van der Waals surface area contributed by atoms with Gasteiger partial charge in [0.1, 0.15) is 11.9 Å². The number of hydrogen-bond acceptors (Lipinski definition) is 8.